The van der Waals surface area contributed by atoms with E-state index in [-0.39, 0.29) is 17.4 Å². The zero-order chi connectivity index (χ0) is 16.6. The highest BCUT2D eigenvalue weighted by Crippen LogP contribution is 2.50. The predicted octanol–water partition coefficient (Wildman–Crippen LogP) is 4.09. The Morgan fingerprint density at radius 2 is 1.62 bits per heavy atom. The van der Waals surface area contributed by atoms with Crippen LogP contribution in [0.3, 0.4) is 0 Å². The fraction of sp³-hybridized carbons (Fsp3) is 0.381. The fourth-order valence-corrected chi connectivity index (χ4v) is 4.80. The molecule has 1 heterocycles. The van der Waals surface area contributed by atoms with Crippen molar-refractivity contribution >= 4 is 11.6 Å². The van der Waals surface area contributed by atoms with Crippen molar-refractivity contribution in [3.05, 3.63) is 65.7 Å². The molecule has 1 fully saturated rings. The van der Waals surface area contributed by atoms with E-state index in [1.54, 1.807) is 0 Å². The van der Waals surface area contributed by atoms with Gasteiger partial charge in [0.15, 0.2) is 0 Å². The zero-order valence-electron chi connectivity index (χ0n) is 13.9. The zero-order valence-corrected chi connectivity index (χ0v) is 13.9. The first-order valence-corrected chi connectivity index (χ1v) is 8.96. The van der Waals surface area contributed by atoms with Gasteiger partial charge in [-0.1, -0.05) is 55.7 Å². The number of benzene rings is 2. The number of nitrogens with two attached hydrogens (primary N) is 1. The second kappa shape index (κ2) is 6.06. The van der Waals surface area contributed by atoms with Crippen LogP contribution in [0.1, 0.15) is 53.9 Å². The first-order chi connectivity index (χ1) is 11.8. The number of para-hydroxylation sites is 1. The van der Waals surface area contributed by atoms with Crippen LogP contribution in [-0.2, 0) is 0 Å². The van der Waals surface area contributed by atoms with Gasteiger partial charge in [-0.15, -0.1) is 0 Å². The maximum absolute atomic E-state index is 13.4. The van der Waals surface area contributed by atoms with Crippen molar-refractivity contribution in [1.29, 1.82) is 0 Å². The van der Waals surface area contributed by atoms with Crippen LogP contribution in [-0.4, -0.2) is 18.0 Å². The molecule has 2 aromatic rings. The molecule has 2 aromatic carbocycles. The van der Waals surface area contributed by atoms with Gasteiger partial charge in [-0.3, -0.25) is 4.79 Å². The van der Waals surface area contributed by atoms with Crippen LogP contribution in [0.5, 0.6) is 0 Å². The number of fused-ring (bicyclic) bond motifs is 1. The number of hydrogen-bond acceptors (Lipinski definition) is 2. The molecule has 1 aliphatic heterocycles. The molecule has 2 aliphatic rings. The van der Waals surface area contributed by atoms with Gasteiger partial charge in [-0.25, -0.2) is 0 Å². The lowest BCUT2D eigenvalue weighted by atomic mass is 9.65. The molecule has 1 unspecified atom stereocenters. The Hall–Kier alpha value is -2.13. The predicted molar refractivity (Wildman–Crippen MR) is 97.3 cm³/mol. The van der Waals surface area contributed by atoms with Gasteiger partial charge in [0.05, 0.1) is 5.54 Å². The molecule has 0 aromatic heterocycles. The number of carbonyl (C=O) groups excluding carboxylic acids is 1. The standard InChI is InChI=1S/C21H24N2O/c22-15-19-17-11-5-6-12-18(17)20(24)23(16-9-3-1-4-10-16)21(19)13-7-2-8-14-21/h1,3-6,9-12,19H,2,7-8,13-15,22H2. The summed E-state index contributed by atoms with van der Waals surface area (Å²) in [4.78, 5) is 15.5. The van der Waals surface area contributed by atoms with E-state index in [4.69, 9.17) is 5.73 Å². The summed E-state index contributed by atoms with van der Waals surface area (Å²) < 4.78 is 0. The van der Waals surface area contributed by atoms with Crippen molar-refractivity contribution in [2.75, 3.05) is 11.4 Å². The summed E-state index contributed by atoms with van der Waals surface area (Å²) in [6.07, 6.45) is 5.63. The molecule has 1 amide bonds. The minimum absolute atomic E-state index is 0.128. The molecule has 3 heteroatoms. The Balaban J connectivity index is 1.94. The monoisotopic (exact) mass is 320 g/mol. The minimum Gasteiger partial charge on any atom is -0.330 e. The van der Waals surface area contributed by atoms with Gasteiger partial charge in [-0.05, 0) is 36.6 Å². The van der Waals surface area contributed by atoms with E-state index in [2.05, 4.69) is 23.1 Å². The maximum Gasteiger partial charge on any atom is 0.259 e. The fourth-order valence-electron chi connectivity index (χ4n) is 4.80. The molecule has 1 aliphatic carbocycles. The lowest BCUT2D eigenvalue weighted by Gasteiger charge is -2.54. The lowest BCUT2D eigenvalue weighted by molar-refractivity contribution is 0.0893. The van der Waals surface area contributed by atoms with E-state index >= 15 is 0 Å². The molecule has 0 radical (unpaired) electrons. The summed E-state index contributed by atoms with van der Waals surface area (Å²) in [5.74, 6) is 0.329. The van der Waals surface area contributed by atoms with Crippen molar-refractivity contribution in [2.24, 2.45) is 5.73 Å². The first kappa shape index (κ1) is 15.4. The van der Waals surface area contributed by atoms with Gasteiger partial charge in [-0.2, -0.15) is 0 Å². The number of hydrogen-bond donors (Lipinski definition) is 1. The molecule has 1 spiro atoms. The van der Waals surface area contributed by atoms with Gasteiger partial charge in [0.25, 0.3) is 5.91 Å². The Kier molecular flexibility index (Phi) is 3.89. The molecule has 0 bridgehead atoms. The summed E-state index contributed by atoms with van der Waals surface area (Å²) in [5, 5.41) is 0. The van der Waals surface area contributed by atoms with Gasteiger partial charge >= 0.3 is 0 Å². The molecule has 1 saturated carbocycles. The minimum atomic E-state index is -0.181. The number of nitrogens with zero attached hydrogens (tertiary/aromatic N) is 1. The van der Waals surface area contributed by atoms with Gasteiger partial charge in [0.2, 0.25) is 0 Å². The molecular weight excluding hydrogens is 296 g/mol. The van der Waals surface area contributed by atoms with Gasteiger partial charge < -0.3 is 10.6 Å². The number of rotatable bonds is 2. The van der Waals surface area contributed by atoms with Crippen LogP contribution in [0.2, 0.25) is 0 Å². The molecule has 2 N–H and O–H groups in total. The van der Waals surface area contributed by atoms with Crippen LogP contribution in [0, 0.1) is 0 Å². The molecule has 0 saturated heterocycles. The summed E-state index contributed by atoms with van der Waals surface area (Å²) in [7, 11) is 0. The van der Waals surface area contributed by atoms with Crippen LogP contribution < -0.4 is 10.6 Å². The van der Waals surface area contributed by atoms with Crippen LogP contribution >= 0.6 is 0 Å². The third kappa shape index (κ3) is 2.19. The Morgan fingerprint density at radius 3 is 2.33 bits per heavy atom. The highest BCUT2D eigenvalue weighted by molar-refractivity contribution is 6.09. The smallest absolute Gasteiger partial charge is 0.259 e. The van der Waals surface area contributed by atoms with E-state index in [1.807, 2.05) is 36.4 Å². The van der Waals surface area contributed by atoms with Crippen LogP contribution in [0.4, 0.5) is 5.69 Å². The second-order valence-corrected chi connectivity index (χ2v) is 7.02. The van der Waals surface area contributed by atoms with E-state index < -0.39 is 0 Å². The lowest BCUT2D eigenvalue weighted by Crippen LogP contribution is -2.61. The number of carbonyl (C=O) groups is 1. The number of anilines is 1. The summed E-state index contributed by atoms with van der Waals surface area (Å²) in [6.45, 7) is 0.577. The van der Waals surface area contributed by atoms with Crippen molar-refractivity contribution in [1.82, 2.24) is 0 Å². The van der Waals surface area contributed by atoms with E-state index in [0.29, 0.717) is 6.54 Å². The first-order valence-electron chi connectivity index (χ1n) is 8.96. The van der Waals surface area contributed by atoms with Crippen molar-refractivity contribution in [3.63, 3.8) is 0 Å². The van der Waals surface area contributed by atoms with Crippen LogP contribution in [0.25, 0.3) is 0 Å². The Labute approximate surface area is 143 Å². The van der Waals surface area contributed by atoms with Gasteiger partial charge in [0.1, 0.15) is 0 Å². The van der Waals surface area contributed by atoms with E-state index in [1.165, 1.54) is 6.42 Å². The third-order valence-corrected chi connectivity index (χ3v) is 5.83. The topological polar surface area (TPSA) is 46.3 Å². The summed E-state index contributed by atoms with van der Waals surface area (Å²) in [5.41, 5.74) is 9.04. The van der Waals surface area contributed by atoms with Crippen molar-refractivity contribution in [3.8, 4) is 0 Å². The average Bonchev–Trinajstić information content (AvgIpc) is 2.64. The average molecular weight is 320 g/mol. The molecule has 124 valence electrons. The van der Waals surface area contributed by atoms with E-state index in [9.17, 15) is 4.79 Å². The van der Waals surface area contributed by atoms with Crippen molar-refractivity contribution in [2.45, 2.75) is 43.6 Å². The highest BCUT2D eigenvalue weighted by Gasteiger charge is 2.51. The van der Waals surface area contributed by atoms with Gasteiger partial charge in [0, 0.05) is 23.7 Å². The molecule has 3 nitrogen and oxygen atoms in total. The Bertz CT molecular complexity index is 735. The molecule has 4 rings (SSSR count). The summed E-state index contributed by atoms with van der Waals surface area (Å²) in [6, 6.07) is 18.2. The van der Waals surface area contributed by atoms with Crippen LogP contribution in [0.15, 0.2) is 54.6 Å². The maximum atomic E-state index is 13.4. The Morgan fingerprint density at radius 1 is 0.958 bits per heavy atom. The largest absolute Gasteiger partial charge is 0.330 e. The molecule has 1 atom stereocenters. The second-order valence-electron chi connectivity index (χ2n) is 7.02. The SMILES string of the molecule is NCC1c2ccccc2C(=O)N(c2ccccc2)C12CCCCC2. The quantitative estimate of drug-likeness (QED) is 0.906. The van der Waals surface area contributed by atoms with E-state index in [0.717, 1.165) is 42.5 Å². The number of amides is 1. The third-order valence-electron chi connectivity index (χ3n) is 5.83. The highest BCUT2D eigenvalue weighted by atomic mass is 16.2. The normalized spacial score (nSPS) is 22.5. The molecular formula is C21H24N2O. The summed E-state index contributed by atoms with van der Waals surface area (Å²) >= 11 is 0. The molecule has 24 heavy (non-hydrogen) atoms. The van der Waals surface area contributed by atoms with Crippen molar-refractivity contribution < 1.29 is 4.79 Å².